The van der Waals surface area contributed by atoms with Gasteiger partial charge >= 0.3 is 6.03 Å². The summed E-state index contributed by atoms with van der Waals surface area (Å²) in [4.78, 5) is 35.6. The summed E-state index contributed by atoms with van der Waals surface area (Å²) < 4.78 is 0. The largest absolute Gasteiger partial charge is 0.342 e. The lowest BCUT2D eigenvalue weighted by Crippen LogP contribution is -2.56. The van der Waals surface area contributed by atoms with E-state index in [2.05, 4.69) is 21.2 Å². The molecule has 7 heteroatoms. The van der Waals surface area contributed by atoms with E-state index in [0.29, 0.717) is 12.1 Å². The lowest BCUT2D eigenvalue weighted by Gasteiger charge is -2.33. The molecule has 3 rings (SSSR count). The summed E-state index contributed by atoms with van der Waals surface area (Å²) >= 11 is 3.41. The molecule has 0 bridgehead atoms. The van der Waals surface area contributed by atoms with Crippen LogP contribution in [0.25, 0.3) is 0 Å². The van der Waals surface area contributed by atoms with Crippen molar-refractivity contribution in [1.29, 1.82) is 0 Å². The average Bonchev–Trinajstić information content (AvgIpc) is 2.78. The molecule has 1 aromatic rings. The molecule has 6 nitrogen and oxygen atoms in total. The third-order valence-electron chi connectivity index (χ3n) is 3.73. The fraction of sp³-hybridized carbons (Fsp3) is 0.357. The molecule has 1 saturated heterocycles. The summed E-state index contributed by atoms with van der Waals surface area (Å²) in [6, 6.07) is 5.10. The number of amides is 4. The second-order valence-electron chi connectivity index (χ2n) is 4.97. The smallest absolute Gasteiger partial charge is 0.276 e. The van der Waals surface area contributed by atoms with Crippen molar-refractivity contribution in [2.24, 2.45) is 0 Å². The second kappa shape index (κ2) is 5.48. The lowest BCUT2D eigenvalue weighted by atomic mass is 10.0. The highest BCUT2D eigenvalue weighted by Crippen LogP contribution is 2.28. The number of benzene rings is 1. The van der Waals surface area contributed by atoms with Crippen molar-refractivity contribution in [2.75, 3.05) is 11.9 Å². The lowest BCUT2D eigenvalue weighted by molar-refractivity contribution is -0.123. The van der Waals surface area contributed by atoms with Gasteiger partial charge < -0.3 is 0 Å². The molecule has 0 saturated carbocycles. The third kappa shape index (κ3) is 2.42. The quantitative estimate of drug-likeness (QED) is 0.837. The van der Waals surface area contributed by atoms with Crippen LogP contribution in [0.3, 0.4) is 0 Å². The van der Waals surface area contributed by atoms with Crippen LogP contribution >= 0.6 is 15.9 Å². The number of aryl methyl sites for hydroxylation is 1. The molecule has 4 amide bonds. The zero-order chi connectivity index (χ0) is 15.0. The van der Waals surface area contributed by atoms with Crippen molar-refractivity contribution in [2.45, 2.75) is 19.4 Å². The molecule has 2 aliphatic heterocycles. The van der Waals surface area contributed by atoms with Crippen molar-refractivity contribution in [1.82, 2.24) is 15.3 Å². The maximum atomic E-state index is 12.5. The van der Waals surface area contributed by atoms with Gasteiger partial charge in [0.1, 0.15) is 0 Å². The van der Waals surface area contributed by atoms with Gasteiger partial charge in [-0.15, -0.1) is 0 Å². The Kier molecular flexibility index (Phi) is 3.67. The number of alkyl halides is 1. The molecule has 1 N–H and O–H groups in total. The van der Waals surface area contributed by atoms with Crippen LogP contribution in [-0.2, 0) is 17.8 Å². The molecule has 0 aliphatic carbocycles. The second-order valence-corrected chi connectivity index (χ2v) is 5.76. The number of hydrogen-bond acceptors (Lipinski definition) is 3. The third-order valence-corrected chi connectivity index (χ3v) is 4.13. The molecule has 21 heavy (non-hydrogen) atoms. The first-order valence-electron chi connectivity index (χ1n) is 6.71. The molecular weight excluding hydrogens is 338 g/mol. The minimum absolute atomic E-state index is 0.189. The molecule has 2 heterocycles. The Morgan fingerprint density at radius 1 is 1.19 bits per heavy atom. The monoisotopic (exact) mass is 351 g/mol. The van der Waals surface area contributed by atoms with E-state index in [4.69, 9.17) is 0 Å². The Bertz CT molecular complexity index is 632. The molecule has 0 radical (unpaired) electrons. The number of carbonyl (C=O) groups is 3. The van der Waals surface area contributed by atoms with Crippen molar-refractivity contribution >= 4 is 33.8 Å². The highest BCUT2D eigenvalue weighted by Gasteiger charge is 2.37. The first kappa shape index (κ1) is 14.1. The van der Waals surface area contributed by atoms with Crippen LogP contribution < -0.4 is 5.32 Å². The number of carbonyl (C=O) groups excluding carboxylic acids is 3. The van der Waals surface area contributed by atoms with Crippen LogP contribution in [-0.4, -0.2) is 39.7 Å². The van der Waals surface area contributed by atoms with E-state index in [1.807, 2.05) is 12.1 Å². The van der Waals surface area contributed by atoms with E-state index in [-0.39, 0.29) is 24.8 Å². The van der Waals surface area contributed by atoms with Crippen LogP contribution in [0.2, 0.25) is 0 Å². The summed E-state index contributed by atoms with van der Waals surface area (Å²) in [6.45, 7) is 0.608. The molecule has 2 aliphatic rings. The Balaban J connectivity index is 1.88. The zero-order valence-corrected chi connectivity index (χ0v) is 12.9. The van der Waals surface area contributed by atoms with Crippen LogP contribution in [0.4, 0.5) is 4.79 Å². The molecule has 0 aromatic heterocycles. The number of fused-ring (bicyclic) bond motifs is 1. The van der Waals surface area contributed by atoms with Gasteiger partial charge in [-0.3, -0.25) is 14.9 Å². The van der Waals surface area contributed by atoms with Gasteiger partial charge in [-0.2, -0.15) is 0 Å². The van der Waals surface area contributed by atoms with E-state index >= 15 is 0 Å². The maximum absolute atomic E-state index is 12.5. The number of imide groups is 1. The zero-order valence-electron chi connectivity index (χ0n) is 11.3. The van der Waals surface area contributed by atoms with Crippen molar-refractivity contribution in [3.05, 3.63) is 34.9 Å². The number of hydrogen-bond donors (Lipinski definition) is 1. The van der Waals surface area contributed by atoms with Gasteiger partial charge in [-0.25, -0.2) is 14.8 Å². The van der Waals surface area contributed by atoms with Crippen LogP contribution in [0, 0.1) is 0 Å². The highest BCUT2D eigenvalue weighted by molar-refractivity contribution is 9.09. The fourth-order valence-electron chi connectivity index (χ4n) is 2.70. The van der Waals surface area contributed by atoms with E-state index in [0.717, 1.165) is 22.9 Å². The van der Waals surface area contributed by atoms with Gasteiger partial charge in [0.15, 0.2) is 0 Å². The van der Waals surface area contributed by atoms with E-state index in [9.17, 15) is 14.4 Å². The minimum Gasteiger partial charge on any atom is -0.276 e. The van der Waals surface area contributed by atoms with Gasteiger partial charge in [0.25, 0.3) is 5.91 Å². The number of nitrogens with one attached hydrogen (secondary N) is 1. The predicted molar refractivity (Wildman–Crippen MR) is 78.7 cm³/mol. The number of halogens is 1. The standard InChI is InChI=1S/C14H14BrN3O3/c15-6-4-9-2-1-3-10-11(9)8-18(13(10)20)17-7-5-12(19)16-14(17)21/h1-3H,4-8H2,(H,16,19,21). The summed E-state index contributed by atoms with van der Waals surface area (Å²) in [7, 11) is 0. The van der Waals surface area contributed by atoms with Crippen molar-refractivity contribution in [3.8, 4) is 0 Å². The van der Waals surface area contributed by atoms with Crippen LogP contribution in [0.15, 0.2) is 18.2 Å². The number of rotatable bonds is 3. The summed E-state index contributed by atoms with van der Waals surface area (Å²) in [5.41, 5.74) is 2.71. The maximum Gasteiger partial charge on any atom is 0.342 e. The van der Waals surface area contributed by atoms with E-state index in [1.165, 1.54) is 10.0 Å². The van der Waals surface area contributed by atoms with E-state index in [1.54, 1.807) is 6.07 Å². The molecular formula is C14H14BrN3O3. The Labute approximate surface area is 130 Å². The van der Waals surface area contributed by atoms with Crippen LogP contribution in [0.5, 0.6) is 0 Å². The molecule has 0 spiro atoms. The first-order chi connectivity index (χ1) is 10.1. The van der Waals surface area contributed by atoms with Gasteiger partial charge in [0.05, 0.1) is 13.1 Å². The summed E-state index contributed by atoms with van der Waals surface area (Å²) in [5.74, 6) is -0.494. The number of urea groups is 1. The fourth-order valence-corrected chi connectivity index (χ4v) is 3.13. The average molecular weight is 352 g/mol. The SMILES string of the molecule is O=C1CCN(N2Cc3c(CCBr)cccc3C2=O)C(=O)N1. The normalized spacial score (nSPS) is 18.0. The van der Waals surface area contributed by atoms with Crippen molar-refractivity contribution in [3.63, 3.8) is 0 Å². The van der Waals surface area contributed by atoms with Gasteiger partial charge in [0, 0.05) is 17.3 Å². The molecule has 0 unspecified atom stereocenters. The Morgan fingerprint density at radius 2 is 2.00 bits per heavy atom. The Hall–Kier alpha value is -1.89. The Morgan fingerprint density at radius 3 is 2.71 bits per heavy atom. The predicted octanol–water partition coefficient (Wildman–Crippen LogP) is 1.44. The summed E-state index contributed by atoms with van der Waals surface area (Å²) in [6.07, 6.45) is 1.04. The molecule has 1 fully saturated rings. The van der Waals surface area contributed by atoms with Gasteiger partial charge in [0.2, 0.25) is 5.91 Å². The molecule has 1 aromatic carbocycles. The minimum atomic E-state index is -0.533. The van der Waals surface area contributed by atoms with Crippen LogP contribution in [0.1, 0.15) is 27.9 Å². The van der Waals surface area contributed by atoms with Gasteiger partial charge in [-0.1, -0.05) is 28.1 Å². The van der Waals surface area contributed by atoms with Crippen molar-refractivity contribution < 1.29 is 14.4 Å². The molecule has 110 valence electrons. The first-order valence-corrected chi connectivity index (χ1v) is 7.84. The van der Waals surface area contributed by atoms with Gasteiger partial charge in [-0.05, 0) is 23.6 Å². The molecule has 0 atom stereocenters. The summed E-state index contributed by atoms with van der Waals surface area (Å²) in [5, 5.41) is 5.80. The topological polar surface area (TPSA) is 69.7 Å². The number of hydrazine groups is 1. The van der Waals surface area contributed by atoms with E-state index < -0.39 is 6.03 Å². The highest BCUT2D eigenvalue weighted by atomic mass is 79.9. The number of nitrogens with zero attached hydrogens (tertiary/aromatic N) is 2.